The van der Waals surface area contributed by atoms with E-state index in [1.807, 2.05) is 0 Å². The first-order valence-electron chi connectivity index (χ1n) is 9.51. The number of nitrogens with one attached hydrogen (secondary N) is 1. The van der Waals surface area contributed by atoms with E-state index in [1.54, 1.807) is 0 Å². The first-order valence-corrected chi connectivity index (χ1v) is 10.3. The largest absolute Gasteiger partial charge is 0.454 e. The smallest absolute Gasteiger partial charge is 0.343 e. The zero-order chi connectivity index (χ0) is 24.2. The van der Waals surface area contributed by atoms with Gasteiger partial charge in [0.05, 0.1) is 27.3 Å². The summed E-state index contributed by atoms with van der Waals surface area (Å²) in [4.78, 5) is 35.8. The van der Waals surface area contributed by atoms with E-state index >= 15 is 0 Å². The molecule has 1 heterocycles. The van der Waals surface area contributed by atoms with Gasteiger partial charge in [0.2, 0.25) is 12.5 Å². The third kappa shape index (κ3) is 4.92. The number of esters is 1. The Kier molecular flexibility index (Phi) is 6.62. The predicted octanol–water partition coefficient (Wildman–Crippen LogP) is 4.61. The molecule has 0 aliphatic carbocycles. The molecule has 3 aromatic rings. The normalized spacial score (nSPS) is 11.9. The molecule has 1 aliphatic heterocycles. The highest BCUT2D eigenvalue weighted by Gasteiger charge is 2.24. The lowest BCUT2D eigenvalue weighted by atomic mass is 10.1. The maximum absolute atomic E-state index is 12.7. The van der Waals surface area contributed by atoms with Crippen LogP contribution in [0.2, 0.25) is 10.0 Å². The van der Waals surface area contributed by atoms with Gasteiger partial charge in [-0.05, 0) is 42.5 Å². The van der Waals surface area contributed by atoms with E-state index in [2.05, 4.69) is 10.5 Å². The number of nitrogens with zero attached hydrogens (tertiary/aromatic N) is 2. The number of hydrazone groups is 1. The number of para-hydroxylation sites is 1. The molecule has 1 N–H and O–H groups in total. The van der Waals surface area contributed by atoms with Crippen molar-refractivity contribution >= 4 is 47.0 Å². The molecule has 0 saturated heterocycles. The first kappa shape index (κ1) is 23.0. The van der Waals surface area contributed by atoms with Crippen LogP contribution in [0.15, 0.2) is 59.7 Å². The van der Waals surface area contributed by atoms with Crippen molar-refractivity contribution in [2.45, 2.75) is 0 Å². The van der Waals surface area contributed by atoms with Gasteiger partial charge in [-0.25, -0.2) is 10.2 Å². The van der Waals surface area contributed by atoms with Crippen molar-refractivity contribution in [1.82, 2.24) is 5.43 Å². The van der Waals surface area contributed by atoms with Crippen molar-refractivity contribution in [2.75, 3.05) is 6.79 Å². The van der Waals surface area contributed by atoms with Crippen molar-refractivity contribution in [2.24, 2.45) is 5.10 Å². The van der Waals surface area contributed by atoms with Gasteiger partial charge in [-0.1, -0.05) is 29.3 Å². The van der Waals surface area contributed by atoms with Crippen LogP contribution < -0.4 is 19.6 Å². The third-order valence-corrected chi connectivity index (χ3v) is 5.12. The topological polar surface area (TPSA) is 129 Å². The van der Waals surface area contributed by atoms with Gasteiger partial charge in [0.15, 0.2) is 11.5 Å². The molecule has 0 aromatic heterocycles. The molecule has 34 heavy (non-hydrogen) atoms. The second-order valence-corrected chi connectivity index (χ2v) is 7.58. The number of nitro benzene ring substituents is 1. The lowest BCUT2D eigenvalue weighted by Crippen LogP contribution is -2.18. The Morgan fingerprint density at radius 3 is 2.65 bits per heavy atom. The summed E-state index contributed by atoms with van der Waals surface area (Å²) in [5, 5.41) is 15.8. The molecule has 0 saturated carbocycles. The number of rotatable bonds is 6. The summed E-state index contributed by atoms with van der Waals surface area (Å²) in [6.45, 7) is 0.0194. The summed E-state index contributed by atoms with van der Waals surface area (Å²) in [5.74, 6) is -1.03. The quantitative estimate of drug-likeness (QED) is 0.171. The van der Waals surface area contributed by atoms with Crippen LogP contribution in [-0.4, -0.2) is 29.8 Å². The Balaban J connectivity index is 1.57. The van der Waals surface area contributed by atoms with E-state index in [-0.39, 0.29) is 34.3 Å². The number of carbonyl (C=O) groups is 2. The molecule has 172 valence electrons. The van der Waals surface area contributed by atoms with Gasteiger partial charge < -0.3 is 14.2 Å². The Labute approximate surface area is 201 Å². The van der Waals surface area contributed by atoms with Crippen LogP contribution in [0.5, 0.6) is 17.2 Å². The molecule has 0 radical (unpaired) electrons. The second-order valence-electron chi connectivity index (χ2n) is 6.73. The lowest BCUT2D eigenvalue weighted by molar-refractivity contribution is -0.385. The molecule has 0 fully saturated rings. The fourth-order valence-electron chi connectivity index (χ4n) is 2.97. The summed E-state index contributed by atoms with van der Waals surface area (Å²) in [6, 6.07) is 12.7. The van der Waals surface area contributed by atoms with E-state index in [9.17, 15) is 19.7 Å². The number of benzene rings is 3. The summed E-state index contributed by atoms with van der Waals surface area (Å²) >= 11 is 11.8. The van der Waals surface area contributed by atoms with Crippen LogP contribution in [0.25, 0.3) is 0 Å². The van der Waals surface area contributed by atoms with Crippen molar-refractivity contribution in [3.63, 3.8) is 0 Å². The maximum atomic E-state index is 12.7. The van der Waals surface area contributed by atoms with E-state index in [4.69, 9.17) is 37.4 Å². The molecule has 0 spiro atoms. The zero-order valence-corrected chi connectivity index (χ0v) is 18.5. The molecule has 4 rings (SSSR count). The minimum absolute atomic E-state index is 0.0194. The Morgan fingerprint density at radius 1 is 1.09 bits per heavy atom. The van der Waals surface area contributed by atoms with Gasteiger partial charge in [0, 0.05) is 16.7 Å². The van der Waals surface area contributed by atoms with Crippen LogP contribution >= 0.6 is 23.2 Å². The van der Waals surface area contributed by atoms with Crippen LogP contribution in [0.3, 0.4) is 0 Å². The number of amides is 1. The number of carbonyl (C=O) groups excluding carboxylic acids is 2. The molecule has 0 atom stereocenters. The SMILES string of the molecule is O=C(Oc1c(/C=N/NC(=O)c2ccc(Cl)cc2Cl)cccc1[N+](=O)[O-])c1ccc2c(c1)OCO2. The predicted molar refractivity (Wildman–Crippen MR) is 122 cm³/mol. The van der Waals surface area contributed by atoms with Gasteiger partial charge in [0.1, 0.15) is 0 Å². The van der Waals surface area contributed by atoms with Gasteiger partial charge >= 0.3 is 11.7 Å². The molecular formula is C22H13Cl2N3O7. The minimum atomic E-state index is -0.862. The van der Waals surface area contributed by atoms with Gasteiger partial charge in [-0.3, -0.25) is 14.9 Å². The number of halogens is 2. The Bertz CT molecular complexity index is 1340. The molecule has 0 bridgehead atoms. The summed E-state index contributed by atoms with van der Waals surface area (Å²) in [5.41, 5.74) is 2.08. The zero-order valence-electron chi connectivity index (χ0n) is 17.0. The fourth-order valence-corrected chi connectivity index (χ4v) is 3.46. The number of hydrogen-bond donors (Lipinski definition) is 1. The highest BCUT2D eigenvalue weighted by Crippen LogP contribution is 2.34. The standard InChI is InChI=1S/C22H13Cl2N3O7/c23-14-5-6-15(16(24)9-14)21(28)26-25-10-13-2-1-3-17(27(30)31)20(13)34-22(29)12-4-7-18-19(8-12)33-11-32-18/h1-10H,11H2,(H,26,28)/b25-10+. The van der Waals surface area contributed by atoms with Crippen LogP contribution in [0.4, 0.5) is 5.69 Å². The van der Waals surface area contributed by atoms with Gasteiger partial charge in [0.25, 0.3) is 5.91 Å². The van der Waals surface area contributed by atoms with E-state index in [1.165, 1.54) is 54.6 Å². The van der Waals surface area contributed by atoms with E-state index in [0.29, 0.717) is 16.5 Å². The third-order valence-electron chi connectivity index (χ3n) is 4.57. The molecule has 10 nitrogen and oxygen atoms in total. The molecule has 1 amide bonds. The van der Waals surface area contributed by atoms with Crippen molar-refractivity contribution < 1.29 is 28.7 Å². The number of hydrogen-bond acceptors (Lipinski definition) is 8. The molecular weight excluding hydrogens is 489 g/mol. The Hall–Kier alpha value is -4.15. The monoisotopic (exact) mass is 501 g/mol. The first-order chi connectivity index (χ1) is 16.3. The van der Waals surface area contributed by atoms with E-state index in [0.717, 1.165) is 6.21 Å². The average molecular weight is 502 g/mol. The van der Waals surface area contributed by atoms with Gasteiger partial charge in [-0.2, -0.15) is 5.10 Å². The van der Waals surface area contributed by atoms with Crippen LogP contribution in [0, 0.1) is 10.1 Å². The molecule has 12 heteroatoms. The summed E-state index contributed by atoms with van der Waals surface area (Å²) in [6.07, 6.45) is 1.11. The highest BCUT2D eigenvalue weighted by molar-refractivity contribution is 6.36. The molecule has 1 aliphatic rings. The Morgan fingerprint density at radius 2 is 1.88 bits per heavy atom. The summed E-state index contributed by atoms with van der Waals surface area (Å²) in [7, 11) is 0. The second kappa shape index (κ2) is 9.77. The van der Waals surface area contributed by atoms with Crippen molar-refractivity contribution in [3.05, 3.63) is 91.4 Å². The van der Waals surface area contributed by atoms with Gasteiger partial charge in [-0.15, -0.1) is 0 Å². The van der Waals surface area contributed by atoms with Crippen molar-refractivity contribution in [1.29, 1.82) is 0 Å². The van der Waals surface area contributed by atoms with Crippen molar-refractivity contribution in [3.8, 4) is 17.2 Å². The van der Waals surface area contributed by atoms with E-state index < -0.39 is 22.5 Å². The fraction of sp³-hybridized carbons (Fsp3) is 0.0455. The molecule has 3 aromatic carbocycles. The minimum Gasteiger partial charge on any atom is -0.454 e. The highest BCUT2D eigenvalue weighted by atomic mass is 35.5. The average Bonchev–Trinajstić information content (AvgIpc) is 3.27. The summed E-state index contributed by atoms with van der Waals surface area (Å²) < 4.78 is 15.8. The number of fused-ring (bicyclic) bond motifs is 1. The lowest BCUT2D eigenvalue weighted by Gasteiger charge is -2.09. The maximum Gasteiger partial charge on any atom is 0.343 e. The van der Waals surface area contributed by atoms with Crippen LogP contribution in [-0.2, 0) is 0 Å². The van der Waals surface area contributed by atoms with Crippen LogP contribution in [0.1, 0.15) is 26.3 Å². The molecule has 0 unspecified atom stereocenters. The number of ether oxygens (including phenoxy) is 3. The number of nitro groups is 1.